The fourth-order valence-corrected chi connectivity index (χ4v) is 12.3. The van der Waals surface area contributed by atoms with Crippen molar-refractivity contribution in [1.82, 2.24) is 19.1 Å². The number of nitrogen functional groups attached to an aromatic ring is 3. The fourth-order valence-electron chi connectivity index (χ4n) is 10.7. The van der Waals surface area contributed by atoms with Crippen LogP contribution in [0.3, 0.4) is 0 Å². The van der Waals surface area contributed by atoms with E-state index in [1.807, 2.05) is 89.2 Å². The van der Waals surface area contributed by atoms with Crippen molar-refractivity contribution >= 4 is 192 Å². The van der Waals surface area contributed by atoms with E-state index in [-0.39, 0.29) is 58.3 Å². The number of benzene rings is 5. The summed E-state index contributed by atoms with van der Waals surface area (Å²) < 4.78 is 10.2. The molecule has 4 fully saturated rings. The molecule has 9 aromatic rings. The number of aliphatic hydroxyl groups is 1. The van der Waals surface area contributed by atoms with Gasteiger partial charge in [-0.15, -0.1) is 0 Å². The number of nitrogens with two attached hydrogens (primary N) is 3. The van der Waals surface area contributed by atoms with E-state index in [2.05, 4.69) is 83.7 Å². The Morgan fingerprint density at radius 1 is 0.583 bits per heavy atom. The number of aryl methyl sites for hydroxylation is 2. The number of Topliss-reactive ketones (excluding diaryl/α,β-unsaturated/α-hetero) is 2. The van der Waals surface area contributed by atoms with Crippen LogP contribution < -0.4 is 44.0 Å². The molecule has 2 amide bonds. The van der Waals surface area contributed by atoms with Gasteiger partial charge in [0.25, 0.3) is 34.5 Å². The van der Waals surface area contributed by atoms with Gasteiger partial charge in [0.15, 0.2) is 11.5 Å². The maximum Gasteiger partial charge on any atom is 0.490 e. The van der Waals surface area contributed by atoms with Crippen molar-refractivity contribution in [2.45, 2.75) is 127 Å². The quantitative estimate of drug-likeness (QED) is 0.0221. The van der Waals surface area contributed by atoms with Gasteiger partial charge in [-0.3, -0.25) is 28.8 Å². The van der Waals surface area contributed by atoms with E-state index >= 15 is 0 Å². The molecule has 6 heterocycles. The highest BCUT2D eigenvalue weighted by atomic mass is 79.9. The minimum Gasteiger partial charge on any atom is -0.503 e. The number of ketones is 2. The molecule has 4 saturated carbocycles. The van der Waals surface area contributed by atoms with Gasteiger partial charge in [-0.2, -0.15) is 0 Å². The predicted octanol–water partition coefficient (Wildman–Crippen LogP) is 12.5. The number of rotatable bonds is 8. The largest absolute Gasteiger partial charge is 0.503 e. The van der Waals surface area contributed by atoms with Crippen molar-refractivity contribution in [3.05, 3.63) is 193 Å². The molecule has 6 aliphatic rings. The molecular weight excluding hydrogens is 1650 g/mol. The van der Waals surface area contributed by atoms with Gasteiger partial charge < -0.3 is 76.7 Å². The number of ether oxygens (including phenoxy) is 1. The number of hydrogen-bond acceptors (Lipinski definition) is 19. The average Bonchev–Trinajstić information content (AvgIpc) is 1.75. The van der Waals surface area contributed by atoms with Crippen LogP contribution in [0.5, 0.6) is 11.5 Å². The molecule has 4 aromatic heterocycles. The van der Waals surface area contributed by atoms with Gasteiger partial charge in [-0.05, 0) is 192 Å². The standard InChI is InChI=1S/C18H17N3O2.C13H12BrNO2.C12H10BrNO2.C9H6BrNO2.C7H8BrN.C5H7BN2O2.C4H7Cl3O2.C3H7BO2/c1-10-14(12-3-7-16(19)20-9-12)6-2-11-8-15(22)18(23)21(17(10)11)13-4-5-13;1-7-10(14)5-2-8-6-11(16)13(17)15(12(7)8)9-3-4-9;1-6-9(13)5-4-8-10(6)14(7-2-3-7)12(16)11(8)15;1-4-6(10)3-2-5-7(4)11-9(13)8(5)12;1-5-6(8)3-2-4-7(5)9;7-5-2-1-4(3-8-5)6(9)10;1-2-9-3(8)4(5,6)7;5-4(6)3-1-2-3/h2-3,6-9,13,22H,4-5H2,1H3,(H2,19,20);2,5-6,9,16H,3-4H2,1H3;4-5,7H,2-3H2,1H3;2-3H,1H3,(H,11,12,13);2-4H,9H2,1H3;1-3,9-10H,(H2,7,8);3,8H,2H2,1H3;3,5-6H,1-2H2. The number of nitrogens with zero attached hydrogens (tertiary/aromatic N) is 5. The second-order valence-corrected chi connectivity index (χ2v) is 30.5. The monoisotopic (exact) mass is 1720 g/mol. The zero-order valence-corrected chi connectivity index (χ0v) is 65.1. The van der Waals surface area contributed by atoms with E-state index < -0.39 is 36.0 Å². The summed E-state index contributed by atoms with van der Waals surface area (Å²) in [5, 5.41) is 66.4. The number of aliphatic hydroxyl groups excluding tert-OH is 1. The third kappa shape index (κ3) is 20.4. The molecule has 2 aliphatic heterocycles. The zero-order valence-electron chi connectivity index (χ0n) is 56.5. The van der Waals surface area contributed by atoms with Crippen LogP contribution in [0.4, 0.5) is 28.7 Å². The first-order chi connectivity index (χ1) is 48.6. The number of nitrogens with one attached hydrogen (secondary N) is 1. The highest BCUT2D eigenvalue weighted by Crippen LogP contribution is 2.44. The molecule has 542 valence electrons. The van der Waals surface area contributed by atoms with Gasteiger partial charge in [0.05, 0.1) is 33.5 Å². The minimum absolute atomic E-state index is 0.161. The second-order valence-electron chi connectivity index (χ2n) is 24.8. The molecular formula is C71H74B2Br4Cl3N9O14. The third-order valence-electron chi connectivity index (χ3n) is 17.1. The highest BCUT2D eigenvalue weighted by Gasteiger charge is 2.45. The number of amides is 2. The van der Waals surface area contributed by atoms with Crippen molar-refractivity contribution in [2.75, 3.05) is 34.0 Å². The molecule has 0 bridgehead atoms. The number of aromatic nitrogens is 4. The van der Waals surface area contributed by atoms with Crippen molar-refractivity contribution in [1.29, 1.82) is 0 Å². The predicted molar refractivity (Wildman–Crippen MR) is 420 cm³/mol. The minimum atomic E-state index is -1.74. The molecule has 1 unspecified atom stereocenters. The molecule has 23 nitrogen and oxygen atoms in total. The van der Waals surface area contributed by atoms with E-state index in [1.165, 1.54) is 18.3 Å². The van der Waals surface area contributed by atoms with Crippen LogP contribution in [0, 0.1) is 34.6 Å². The lowest BCUT2D eigenvalue weighted by Crippen LogP contribution is -2.32. The van der Waals surface area contributed by atoms with Crippen LogP contribution in [0.2, 0.25) is 5.82 Å². The highest BCUT2D eigenvalue weighted by molar-refractivity contribution is 9.11. The first-order valence-corrected chi connectivity index (χ1v) is 36.6. The van der Waals surface area contributed by atoms with Crippen LogP contribution in [0.15, 0.2) is 143 Å². The van der Waals surface area contributed by atoms with Crippen LogP contribution in [-0.2, 0) is 14.3 Å². The Hall–Kier alpha value is -7.22. The number of hydrogen-bond donors (Lipinski definition) is 11. The number of anilines is 5. The molecule has 103 heavy (non-hydrogen) atoms. The van der Waals surface area contributed by atoms with E-state index in [4.69, 9.17) is 77.2 Å². The SMILES string of the molecule is CCOC(O)C(Cl)(Cl)Cl.Cc1c(-c2ccc(N)nc2)ccc2cc(O)c(=O)n(C3CC3)c12.Cc1c(Br)ccc2c1N(C1CC1)C(=O)C2=O.Cc1c(Br)ccc2c1NC(=O)C2=O.Cc1c(Br)ccc2cc(O)c(=O)n(C3CC3)c12.Cc1c(N)cccc1Br.Nc1ccc(B(O)O)cn1.OB(O)C1CC1. The molecule has 5 aromatic carbocycles. The number of halogens is 7. The smallest absolute Gasteiger partial charge is 0.490 e. The Balaban J connectivity index is 0.000000154. The number of fused-ring (bicyclic) bond motifs is 4. The van der Waals surface area contributed by atoms with E-state index in [1.54, 1.807) is 63.6 Å². The van der Waals surface area contributed by atoms with Gasteiger partial charge in [-0.25, -0.2) is 9.97 Å². The summed E-state index contributed by atoms with van der Waals surface area (Å²) in [5.41, 5.74) is 28.4. The Kier molecular flexibility index (Phi) is 27.9. The molecule has 32 heteroatoms. The van der Waals surface area contributed by atoms with Gasteiger partial charge in [0.1, 0.15) is 11.6 Å². The van der Waals surface area contributed by atoms with Crippen LogP contribution in [-0.4, -0.2) is 115 Å². The number of aromatic hydroxyl groups is 2. The number of pyridine rings is 4. The summed E-state index contributed by atoms with van der Waals surface area (Å²) >= 11 is 29.3. The molecule has 0 saturated heterocycles. The second kappa shape index (κ2) is 35.2. The summed E-state index contributed by atoms with van der Waals surface area (Å²) in [4.78, 5) is 79.8. The summed E-state index contributed by atoms with van der Waals surface area (Å²) in [6.45, 7) is 11.8. The van der Waals surface area contributed by atoms with Gasteiger partial charge in [-0.1, -0.05) is 142 Å². The Bertz CT molecular complexity index is 4770. The molecule has 0 radical (unpaired) electrons. The Morgan fingerprint density at radius 3 is 1.51 bits per heavy atom. The van der Waals surface area contributed by atoms with E-state index in [0.29, 0.717) is 40.5 Å². The van der Waals surface area contributed by atoms with Crippen molar-refractivity contribution in [3.8, 4) is 22.6 Å². The summed E-state index contributed by atoms with van der Waals surface area (Å²) in [5.74, 6) is -1.02. The first-order valence-electron chi connectivity index (χ1n) is 32.3. The lowest BCUT2D eigenvalue weighted by atomic mass is 9.82. The number of alkyl halides is 3. The van der Waals surface area contributed by atoms with E-state index in [9.17, 15) is 39.0 Å². The molecule has 4 aliphatic carbocycles. The molecule has 0 spiro atoms. The molecule has 1 atom stereocenters. The topological polar surface area (TPSA) is 382 Å². The van der Waals surface area contributed by atoms with Gasteiger partial charge >= 0.3 is 14.2 Å². The van der Waals surface area contributed by atoms with Crippen molar-refractivity contribution < 1.29 is 59.3 Å². The Labute approximate surface area is 642 Å². The Morgan fingerprint density at radius 2 is 1.07 bits per heavy atom. The van der Waals surface area contributed by atoms with Gasteiger partial charge in [0.2, 0.25) is 10.1 Å². The van der Waals surface area contributed by atoms with Gasteiger partial charge in [0, 0.05) is 82.5 Å². The fraction of sp³-hybridized carbons (Fsp3) is 0.296. The lowest BCUT2D eigenvalue weighted by Gasteiger charge is -2.18. The maximum atomic E-state index is 12.4. The van der Waals surface area contributed by atoms with Crippen LogP contribution in [0.1, 0.15) is 119 Å². The lowest BCUT2D eigenvalue weighted by molar-refractivity contribution is -0.114. The summed E-state index contributed by atoms with van der Waals surface area (Å²) in [6.07, 6.45) is 9.71. The average molecular weight is 1730 g/mol. The van der Waals surface area contributed by atoms with Crippen LogP contribution >= 0.6 is 98.5 Å². The summed E-state index contributed by atoms with van der Waals surface area (Å²) in [7, 11) is -2.50. The van der Waals surface area contributed by atoms with Crippen LogP contribution in [0.25, 0.3) is 32.9 Å². The maximum absolute atomic E-state index is 12.4. The number of carbonyl (C=O) groups is 4. The molecule has 14 N–H and O–H groups in total. The summed E-state index contributed by atoms with van der Waals surface area (Å²) in [6, 6.07) is 31.1. The normalized spacial score (nSPS) is 14.9. The van der Waals surface area contributed by atoms with Crippen molar-refractivity contribution in [3.63, 3.8) is 0 Å². The zero-order chi connectivity index (χ0) is 75.8. The van der Waals surface area contributed by atoms with Crippen molar-refractivity contribution in [2.24, 2.45) is 0 Å². The first kappa shape index (κ1) is 81.4. The number of carbonyl (C=O) groups excluding carboxylic acids is 4. The van der Waals surface area contributed by atoms with E-state index in [0.717, 1.165) is 141 Å². The molecule has 15 rings (SSSR count). The third-order valence-corrected chi connectivity index (χ3v) is 21.0.